The zero-order valence-corrected chi connectivity index (χ0v) is 7.50. The molecule has 1 rings (SSSR count). The van der Waals surface area contributed by atoms with Crippen LogP contribution in [0, 0.1) is 5.53 Å². The topological polar surface area (TPSA) is 36.2 Å². The molecule has 1 aromatic rings. The van der Waals surface area contributed by atoms with Crippen LogP contribution in [0.25, 0.3) is 0 Å². The molecule has 0 aliphatic carbocycles. The van der Waals surface area contributed by atoms with Gasteiger partial charge in [-0.05, 0) is 12.1 Å². The normalized spacial score (nSPS) is 9.73. The van der Waals surface area contributed by atoms with Crippen LogP contribution in [-0.2, 0) is 0 Å². The number of hydrogen-bond acceptors (Lipinski definition) is 2. The monoisotopic (exact) mass is 208 g/mol. The fourth-order valence-electron chi connectivity index (χ4n) is 0.607. The number of benzene rings is 1. The highest BCUT2D eigenvalue weighted by Gasteiger charge is 2.04. The quantitative estimate of drug-likeness (QED) is 0.528. The third-order valence-electron chi connectivity index (χ3n) is 1.10. The average Bonchev–Trinajstić information content (AvgIpc) is 1.99. The van der Waals surface area contributed by atoms with Crippen LogP contribution < -0.4 is 0 Å². The molecule has 58 valence electrons. The molecule has 0 aromatic heterocycles. The summed E-state index contributed by atoms with van der Waals surface area (Å²) in [5.41, 5.74) is 7.07. The minimum absolute atomic E-state index is 0.292. The zero-order valence-electron chi connectivity index (χ0n) is 5.24. The van der Waals surface area contributed by atoms with Crippen LogP contribution in [0.2, 0.25) is 15.1 Å². The first kappa shape index (κ1) is 8.78. The van der Waals surface area contributed by atoms with Crippen LogP contribution in [0.15, 0.2) is 17.2 Å². The van der Waals surface area contributed by atoms with Gasteiger partial charge in [-0.15, -0.1) is 0 Å². The maximum atomic E-state index is 6.67. The van der Waals surface area contributed by atoms with Gasteiger partial charge in [-0.25, -0.2) is 5.53 Å². The van der Waals surface area contributed by atoms with E-state index in [0.29, 0.717) is 20.8 Å². The van der Waals surface area contributed by atoms with Gasteiger partial charge in [0, 0.05) is 0 Å². The SMILES string of the molecule is N=Nc1cc(Cl)c(Cl)c(Cl)c1. The van der Waals surface area contributed by atoms with Crippen molar-refractivity contribution in [1.29, 1.82) is 5.53 Å². The lowest BCUT2D eigenvalue weighted by Crippen LogP contribution is -1.71. The fourth-order valence-corrected chi connectivity index (χ4v) is 1.19. The lowest BCUT2D eigenvalue weighted by atomic mass is 10.3. The van der Waals surface area contributed by atoms with Gasteiger partial charge < -0.3 is 0 Å². The molecule has 0 aliphatic heterocycles. The second-order valence-electron chi connectivity index (χ2n) is 1.84. The van der Waals surface area contributed by atoms with Crippen molar-refractivity contribution in [2.24, 2.45) is 5.11 Å². The van der Waals surface area contributed by atoms with Gasteiger partial charge in [0.25, 0.3) is 0 Å². The van der Waals surface area contributed by atoms with Crippen LogP contribution >= 0.6 is 34.8 Å². The Labute approximate surface area is 78.6 Å². The predicted octanol–water partition coefficient (Wildman–Crippen LogP) is 4.31. The van der Waals surface area contributed by atoms with Crippen LogP contribution in [0.4, 0.5) is 5.69 Å². The smallest absolute Gasteiger partial charge is 0.0880 e. The van der Waals surface area contributed by atoms with Crippen molar-refractivity contribution in [3.63, 3.8) is 0 Å². The molecule has 0 radical (unpaired) electrons. The second kappa shape index (κ2) is 3.39. The van der Waals surface area contributed by atoms with E-state index in [1.807, 2.05) is 0 Å². The molecule has 0 saturated heterocycles. The van der Waals surface area contributed by atoms with Gasteiger partial charge in [0.05, 0.1) is 20.8 Å². The molecule has 1 aromatic carbocycles. The van der Waals surface area contributed by atoms with Gasteiger partial charge in [0.1, 0.15) is 0 Å². The Morgan fingerprint density at radius 3 is 1.91 bits per heavy atom. The van der Waals surface area contributed by atoms with Gasteiger partial charge in [-0.3, -0.25) is 0 Å². The lowest BCUT2D eigenvalue weighted by molar-refractivity contribution is 1.15. The maximum Gasteiger partial charge on any atom is 0.0880 e. The summed E-state index contributed by atoms with van der Waals surface area (Å²) in [4.78, 5) is 0. The lowest BCUT2D eigenvalue weighted by Gasteiger charge is -1.98. The molecule has 0 heterocycles. The molecule has 0 spiro atoms. The molecular formula is C6H3Cl3N2. The van der Waals surface area contributed by atoms with E-state index >= 15 is 0 Å². The van der Waals surface area contributed by atoms with Crippen LogP contribution in [0.1, 0.15) is 0 Å². The molecule has 0 fully saturated rings. The molecule has 0 saturated carbocycles. The van der Waals surface area contributed by atoms with Gasteiger partial charge in [-0.1, -0.05) is 34.8 Å². The molecule has 0 atom stereocenters. The first-order valence-corrected chi connectivity index (χ1v) is 3.80. The molecule has 11 heavy (non-hydrogen) atoms. The van der Waals surface area contributed by atoms with Crippen LogP contribution in [-0.4, -0.2) is 0 Å². The number of rotatable bonds is 1. The van der Waals surface area contributed by atoms with Crippen molar-refractivity contribution in [3.05, 3.63) is 27.2 Å². The summed E-state index contributed by atoms with van der Waals surface area (Å²) in [6.07, 6.45) is 0. The Morgan fingerprint density at radius 2 is 1.55 bits per heavy atom. The summed E-state index contributed by atoms with van der Waals surface area (Å²) in [6, 6.07) is 2.95. The van der Waals surface area contributed by atoms with E-state index in [0.717, 1.165) is 0 Å². The largest absolute Gasteiger partial charge is 0.204 e. The highest BCUT2D eigenvalue weighted by molar-refractivity contribution is 6.48. The average molecular weight is 209 g/mol. The van der Waals surface area contributed by atoms with Crippen LogP contribution in [0.3, 0.4) is 0 Å². The third-order valence-corrected chi connectivity index (χ3v) is 2.29. The minimum atomic E-state index is 0.292. The third kappa shape index (κ3) is 1.83. The van der Waals surface area contributed by atoms with E-state index in [2.05, 4.69) is 5.11 Å². The van der Waals surface area contributed by atoms with E-state index in [1.54, 1.807) is 0 Å². The highest BCUT2D eigenvalue weighted by Crippen LogP contribution is 2.33. The van der Waals surface area contributed by atoms with Crippen molar-refractivity contribution in [1.82, 2.24) is 0 Å². The summed E-state index contributed by atoms with van der Waals surface area (Å²) in [6.45, 7) is 0. The summed E-state index contributed by atoms with van der Waals surface area (Å²) < 4.78 is 0. The van der Waals surface area contributed by atoms with Crippen molar-refractivity contribution >= 4 is 40.5 Å². The highest BCUT2D eigenvalue weighted by atomic mass is 35.5. The Bertz CT molecular complexity index is 275. The molecule has 5 heteroatoms. The summed E-state index contributed by atoms with van der Waals surface area (Å²) in [7, 11) is 0. The molecule has 0 aliphatic rings. The van der Waals surface area contributed by atoms with Crippen molar-refractivity contribution < 1.29 is 0 Å². The Hall–Kier alpha value is -0.310. The first-order valence-electron chi connectivity index (χ1n) is 2.67. The van der Waals surface area contributed by atoms with Crippen LogP contribution in [0.5, 0.6) is 0 Å². The fraction of sp³-hybridized carbons (Fsp3) is 0. The Balaban J connectivity index is 3.31. The van der Waals surface area contributed by atoms with Gasteiger partial charge in [0.15, 0.2) is 0 Å². The van der Waals surface area contributed by atoms with Crippen molar-refractivity contribution in [2.75, 3.05) is 0 Å². The second-order valence-corrected chi connectivity index (χ2v) is 3.03. The van der Waals surface area contributed by atoms with E-state index in [4.69, 9.17) is 40.3 Å². The summed E-state index contributed by atoms with van der Waals surface area (Å²) in [5, 5.41) is 4.07. The standard InChI is InChI=1S/C6H3Cl3N2/c7-4-1-3(11-10)2-5(8)6(4)9/h1-2,10H. The van der Waals surface area contributed by atoms with Crippen molar-refractivity contribution in [3.8, 4) is 0 Å². The number of nitrogens with zero attached hydrogens (tertiary/aromatic N) is 1. The molecule has 0 amide bonds. The zero-order chi connectivity index (χ0) is 8.43. The van der Waals surface area contributed by atoms with E-state index in [-0.39, 0.29) is 0 Å². The summed E-state index contributed by atoms with van der Waals surface area (Å²) >= 11 is 16.9. The molecule has 0 bridgehead atoms. The number of nitrogens with one attached hydrogen (secondary N) is 1. The molecule has 2 nitrogen and oxygen atoms in total. The molecule has 1 N–H and O–H groups in total. The minimum Gasteiger partial charge on any atom is -0.204 e. The molecular weight excluding hydrogens is 206 g/mol. The van der Waals surface area contributed by atoms with Gasteiger partial charge in [0.2, 0.25) is 0 Å². The Kier molecular flexibility index (Phi) is 2.71. The number of halogens is 3. The predicted molar refractivity (Wildman–Crippen MR) is 46.3 cm³/mol. The van der Waals surface area contributed by atoms with E-state index < -0.39 is 0 Å². The van der Waals surface area contributed by atoms with Crippen molar-refractivity contribution in [2.45, 2.75) is 0 Å². The number of hydrogen-bond donors (Lipinski definition) is 1. The van der Waals surface area contributed by atoms with E-state index in [9.17, 15) is 0 Å². The maximum absolute atomic E-state index is 6.67. The first-order chi connectivity index (χ1) is 5.15. The van der Waals surface area contributed by atoms with Gasteiger partial charge >= 0.3 is 0 Å². The summed E-state index contributed by atoms with van der Waals surface area (Å²) in [5.74, 6) is 0. The van der Waals surface area contributed by atoms with Gasteiger partial charge in [-0.2, -0.15) is 5.11 Å². The Morgan fingerprint density at radius 1 is 1.09 bits per heavy atom. The molecule has 0 unspecified atom stereocenters. The van der Waals surface area contributed by atoms with E-state index in [1.165, 1.54) is 12.1 Å².